The summed E-state index contributed by atoms with van der Waals surface area (Å²) in [4.78, 5) is 11.3. The van der Waals surface area contributed by atoms with E-state index in [0.717, 1.165) is 17.7 Å². The Balaban J connectivity index is 2.20. The van der Waals surface area contributed by atoms with Crippen LogP contribution < -0.4 is 4.74 Å². The summed E-state index contributed by atoms with van der Waals surface area (Å²) < 4.78 is 5.13. The van der Waals surface area contributed by atoms with Crippen LogP contribution in [0.5, 0.6) is 5.75 Å². The number of Topliss-reactive ketones (excluding diaryl/α,β-unsaturated/α-hetero) is 1. The van der Waals surface area contributed by atoms with Gasteiger partial charge in [0.1, 0.15) is 11.5 Å². The number of benzene rings is 1. The SMILES string of the molecule is COc1ccc(C2=C/CCC(=O)C/C=C\2)cc1. The Hall–Kier alpha value is -1.83. The highest BCUT2D eigenvalue weighted by atomic mass is 16.5. The van der Waals surface area contributed by atoms with E-state index >= 15 is 0 Å². The van der Waals surface area contributed by atoms with E-state index in [4.69, 9.17) is 4.74 Å². The first-order chi connectivity index (χ1) is 8.29. The molecule has 0 saturated carbocycles. The van der Waals surface area contributed by atoms with Gasteiger partial charge >= 0.3 is 0 Å². The maximum atomic E-state index is 11.3. The highest BCUT2D eigenvalue weighted by molar-refractivity contribution is 5.83. The minimum absolute atomic E-state index is 0.311. The van der Waals surface area contributed by atoms with Crippen LogP contribution in [0.1, 0.15) is 24.8 Å². The van der Waals surface area contributed by atoms with Crippen molar-refractivity contribution < 1.29 is 9.53 Å². The number of ether oxygens (including phenoxy) is 1. The van der Waals surface area contributed by atoms with Gasteiger partial charge in [0.05, 0.1) is 7.11 Å². The van der Waals surface area contributed by atoms with Crippen LogP contribution in [0, 0.1) is 0 Å². The lowest BCUT2D eigenvalue weighted by molar-refractivity contribution is -0.118. The van der Waals surface area contributed by atoms with Crippen LogP contribution in [0.2, 0.25) is 0 Å². The topological polar surface area (TPSA) is 26.3 Å². The third-order valence-electron chi connectivity index (χ3n) is 2.85. The summed E-state index contributed by atoms with van der Waals surface area (Å²) >= 11 is 0. The summed E-state index contributed by atoms with van der Waals surface area (Å²) in [6, 6.07) is 7.98. The molecule has 2 rings (SSSR count). The molecule has 1 aliphatic rings. The molecule has 0 unspecified atom stereocenters. The van der Waals surface area contributed by atoms with Crippen molar-refractivity contribution in [3.05, 3.63) is 48.1 Å². The number of rotatable bonds is 2. The predicted octanol–water partition coefficient (Wildman–Crippen LogP) is 3.39. The van der Waals surface area contributed by atoms with Gasteiger partial charge in [0.15, 0.2) is 0 Å². The molecule has 0 bridgehead atoms. The highest BCUT2D eigenvalue weighted by Gasteiger charge is 2.04. The maximum Gasteiger partial charge on any atom is 0.136 e. The molecule has 0 spiro atoms. The lowest BCUT2D eigenvalue weighted by Crippen LogP contribution is -1.96. The lowest BCUT2D eigenvalue weighted by atomic mass is 9.99. The van der Waals surface area contributed by atoms with Gasteiger partial charge in [-0.05, 0) is 29.7 Å². The third kappa shape index (κ3) is 3.06. The number of hydrogen-bond acceptors (Lipinski definition) is 2. The van der Waals surface area contributed by atoms with E-state index in [-0.39, 0.29) is 0 Å². The van der Waals surface area contributed by atoms with Gasteiger partial charge < -0.3 is 4.74 Å². The first-order valence-corrected chi connectivity index (χ1v) is 5.82. The van der Waals surface area contributed by atoms with Crippen molar-refractivity contribution in [3.8, 4) is 5.75 Å². The van der Waals surface area contributed by atoms with Crippen LogP contribution in [0.15, 0.2) is 42.5 Å². The molecular weight excluding hydrogens is 212 g/mol. The van der Waals surface area contributed by atoms with Crippen LogP contribution in [0.4, 0.5) is 0 Å². The smallest absolute Gasteiger partial charge is 0.136 e. The zero-order valence-corrected chi connectivity index (χ0v) is 9.98. The van der Waals surface area contributed by atoms with Gasteiger partial charge in [0.2, 0.25) is 0 Å². The van der Waals surface area contributed by atoms with E-state index < -0.39 is 0 Å². The van der Waals surface area contributed by atoms with Gasteiger partial charge in [-0.3, -0.25) is 4.79 Å². The van der Waals surface area contributed by atoms with Crippen LogP contribution in [0.3, 0.4) is 0 Å². The van der Waals surface area contributed by atoms with Crippen molar-refractivity contribution in [2.45, 2.75) is 19.3 Å². The lowest BCUT2D eigenvalue weighted by Gasteiger charge is -2.07. The average Bonchev–Trinajstić information content (AvgIpc) is 2.34. The van der Waals surface area contributed by atoms with E-state index in [0.29, 0.717) is 18.6 Å². The van der Waals surface area contributed by atoms with Gasteiger partial charge in [0, 0.05) is 12.8 Å². The molecule has 0 aromatic heterocycles. The Labute approximate surface area is 102 Å². The third-order valence-corrected chi connectivity index (χ3v) is 2.85. The van der Waals surface area contributed by atoms with Gasteiger partial charge in [0.25, 0.3) is 0 Å². The molecule has 0 heterocycles. The van der Waals surface area contributed by atoms with Gasteiger partial charge in [-0.2, -0.15) is 0 Å². The zero-order valence-electron chi connectivity index (χ0n) is 9.98. The van der Waals surface area contributed by atoms with Crippen LogP contribution in [-0.4, -0.2) is 12.9 Å². The molecule has 1 aromatic carbocycles. The van der Waals surface area contributed by atoms with E-state index in [1.165, 1.54) is 5.57 Å². The Morgan fingerprint density at radius 1 is 1.18 bits per heavy atom. The molecule has 0 fully saturated rings. The van der Waals surface area contributed by atoms with E-state index in [9.17, 15) is 4.79 Å². The van der Waals surface area contributed by atoms with Crippen LogP contribution in [0.25, 0.3) is 5.57 Å². The zero-order chi connectivity index (χ0) is 12.1. The Kier molecular flexibility index (Phi) is 3.76. The first-order valence-electron chi connectivity index (χ1n) is 5.82. The summed E-state index contributed by atoms with van der Waals surface area (Å²) in [6.07, 6.45) is 8.10. The molecule has 2 nitrogen and oxygen atoms in total. The monoisotopic (exact) mass is 228 g/mol. The molecule has 1 aliphatic carbocycles. The molecule has 0 aliphatic heterocycles. The maximum absolute atomic E-state index is 11.3. The standard InChI is InChI=1S/C15H16O2/c1-17-15-10-8-13(9-11-15)12-4-2-6-14(16)7-3-5-12/h2,4-5,8-11H,3,6-7H2,1H3/b4-2-,12-5+. The highest BCUT2D eigenvalue weighted by Crippen LogP contribution is 2.22. The molecule has 2 heteroatoms. The number of methoxy groups -OCH3 is 1. The van der Waals surface area contributed by atoms with Crippen molar-refractivity contribution >= 4 is 11.4 Å². The van der Waals surface area contributed by atoms with E-state index in [1.54, 1.807) is 7.11 Å². The van der Waals surface area contributed by atoms with Crippen LogP contribution in [-0.2, 0) is 4.79 Å². The number of carbonyl (C=O) groups is 1. The van der Waals surface area contributed by atoms with Crippen molar-refractivity contribution in [3.63, 3.8) is 0 Å². The minimum atomic E-state index is 0.311. The van der Waals surface area contributed by atoms with Crippen molar-refractivity contribution in [1.29, 1.82) is 0 Å². The summed E-state index contributed by atoms with van der Waals surface area (Å²) in [6.45, 7) is 0. The number of hydrogen-bond donors (Lipinski definition) is 0. The van der Waals surface area contributed by atoms with Crippen molar-refractivity contribution in [1.82, 2.24) is 0 Å². The van der Waals surface area contributed by atoms with E-state index in [2.05, 4.69) is 6.08 Å². The van der Waals surface area contributed by atoms with Crippen LogP contribution >= 0.6 is 0 Å². The molecule has 0 radical (unpaired) electrons. The Morgan fingerprint density at radius 3 is 2.65 bits per heavy atom. The molecule has 0 saturated heterocycles. The van der Waals surface area contributed by atoms with Gasteiger partial charge in [-0.25, -0.2) is 0 Å². The summed E-state index contributed by atoms with van der Waals surface area (Å²) in [5, 5.41) is 0. The molecule has 1 aromatic rings. The predicted molar refractivity (Wildman–Crippen MR) is 69.0 cm³/mol. The molecule has 0 atom stereocenters. The van der Waals surface area contributed by atoms with Crippen molar-refractivity contribution in [2.75, 3.05) is 7.11 Å². The Morgan fingerprint density at radius 2 is 1.94 bits per heavy atom. The second-order valence-corrected chi connectivity index (χ2v) is 4.07. The minimum Gasteiger partial charge on any atom is -0.497 e. The molecule has 0 amide bonds. The fourth-order valence-electron chi connectivity index (χ4n) is 1.87. The summed E-state index contributed by atoms with van der Waals surface area (Å²) in [7, 11) is 1.66. The summed E-state index contributed by atoms with van der Waals surface area (Å²) in [5.41, 5.74) is 2.34. The Bertz CT molecular complexity index is 452. The average molecular weight is 228 g/mol. The normalized spacial score (nSPS) is 21.0. The fraction of sp³-hybridized carbons (Fsp3) is 0.267. The number of ketones is 1. The van der Waals surface area contributed by atoms with Gasteiger partial charge in [-0.15, -0.1) is 0 Å². The largest absolute Gasteiger partial charge is 0.497 e. The molecule has 17 heavy (non-hydrogen) atoms. The van der Waals surface area contributed by atoms with Gasteiger partial charge in [-0.1, -0.05) is 30.4 Å². The molecule has 0 N–H and O–H groups in total. The first kappa shape index (κ1) is 11.6. The molecular formula is C15H16O2. The fourth-order valence-corrected chi connectivity index (χ4v) is 1.87. The quantitative estimate of drug-likeness (QED) is 0.775. The summed E-state index contributed by atoms with van der Waals surface area (Å²) in [5.74, 6) is 1.17. The molecule has 88 valence electrons. The van der Waals surface area contributed by atoms with E-state index in [1.807, 2.05) is 36.4 Å². The second-order valence-electron chi connectivity index (χ2n) is 4.07. The number of carbonyl (C=O) groups excluding carboxylic acids is 1. The van der Waals surface area contributed by atoms with Crippen molar-refractivity contribution in [2.24, 2.45) is 0 Å². The second kappa shape index (κ2) is 5.48. The number of allylic oxidation sites excluding steroid dienone is 4.